The second-order valence-corrected chi connectivity index (χ2v) is 3.42. The van der Waals surface area contributed by atoms with E-state index >= 15 is 0 Å². The van der Waals surface area contributed by atoms with Gasteiger partial charge in [0.25, 0.3) is 0 Å². The molecule has 0 fully saturated rings. The molecule has 0 spiro atoms. The maximum atomic E-state index is 10.7. The van der Waals surface area contributed by atoms with Crippen LogP contribution in [0.15, 0.2) is 18.3 Å². The van der Waals surface area contributed by atoms with Gasteiger partial charge in [0.2, 0.25) is 0 Å². The second kappa shape index (κ2) is 6.19. The molecule has 1 heterocycles. The van der Waals surface area contributed by atoms with Gasteiger partial charge in [-0.15, -0.1) is 0 Å². The van der Waals surface area contributed by atoms with E-state index in [9.17, 15) is 4.79 Å². The van der Waals surface area contributed by atoms with Gasteiger partial charge < -0.3 is 14.9 Å². The Bertz CT molecular complexity index is 336. The molecule has 16 heavy (non-hydrogen) atoms. The number of aliphatic carboxylic acids is 1. The Morgan fingerprint density at radius 3 is 2.81 bits per heavy atom. The third kappa shape index (κ3) is 3.60. The number of carboxylic acids is 1. The van der Waals surface area contributed by atoms with Crippen molar-refractivity contribution in [2.75, 3.05) is 13.2 Å². The average molecular weight is 225 g/mol. The van der Waals surface area contributed by atoms with Gasteiger partial charge in [-0.3, -0.25) is 9.78 Å². The smallest absolute Gasteiger partial charge is 0.310 e. The van der Waals surface area contributed by atoms with Crippen molar-refractivity contribution in [2.24, 2.45) is 0 Å². The molecule has 0 saturated carbocycles. The quantitative estimate of drug-likeness (QED) is 0.699. The van der Waals surface area contributed by atoms with Crippen LogP contribution in [0.25, 0.3) is 0 Å². The Balaban J connectivity index is 2.57. The second-order valence-electron chi connectivity index (χ2n) is 3.42. The molecule has 0 radical (unpaired) electrons. The zero-order valence-electron chi connectivity index (χ0n) is 9.09. The normalized spacial score (nSPS) is 12.4. The van der Waals surface area contributed by atoms with Crippen LogP contribution >= 0.6 is 0 Å². The molecule has 1 rings (SSSR count). The van der Waals surface area contributed by atoms with Crippen molar-refractivity contribution < 1.29 is 19.7 Å². The molecule has 1 atom stereocenters. The number of aromatic nitrogens is 1. The summed E-state index contributed by atoms with van der Waals surface area (Å²) < 4.78 is 5.09. The van der Waals surface area contributed by atoms with Crippen molar-refractivity contribution in [1.29, 1.82) is 0 Å². The number of hydrogen-bond donors (Lipinski definition) is 2. The molecule has 5 nitrogen and oxygen atoms in total. The van der Waals surface area contributed by atoms with E-state index < -0.39 is 11.9 Å². The van der Waals surface area contributed by atoms with Gasteiger partial charge >= 0.3 is 5.97 Å². The molecule has 0 aliphatic heterocycles. The molecule has 0 aromatic carbocycles. The molecule has 1 aromatic heterocycles. The topological polar surface area (TPSA) is 79.7 Å². The van der Waals surface area contributed by atoms with Crippen LogP contribution in [0.2, 0.25) is 0 Å². The summed E-state index contributed by atoms with van der Waals surface area (Å²) in [5.74, 6) is -1.43. The van der Waals surface area contributed by atoms with E-state index in [0.29, 0.717) is 12.2 Å². The summed E-state index contributed by atoms with van der Waals surface area (Å²) in [5, 5.41) is 17.3. The van der Waals surface area contributed by atoms with Gasteiger partial charge in [0.05, 0.1) is 31.4 Å². The molecular formula is C11H15NO4. The number of carboxylic acid groups (broad SMARTS) is 1. The van der Waals surface area contributed by atoms with Crippen molar-refractivity contribution in [1.82, 2.24) is 4.98 Å². The summed E-state index contributed by atoms with van der Waals surface area (Å²) >= 11 is 0. The predicted octanol–water partition coefficient (Wildman–Crippen LogP) is 0.779. The van der Waals surface area contributed by atoms with Gasteiger partial charge in [-0.2, -0.15) is 0 Å². The molecule has 0 aliphatic carbocycles. The average Bonchev–Trinajstić information content (AvgIpc) is 2.29. The molecule has 88 valence electrons. The summed E-state index contributed by atoms with van der Waals surface area (Å²) in [7, 11) is 0. The monoisotopic (exact) mass is 225 g/mol. The highest BCUT2D eigenvalue weighted by atomic mass is 16.5. The van der Waals surface area contributed by atoms with Crippen molar-refractivity contribution in [3.63, 3.8) is 0 Å². The minimum absolute atomic E-state index is 0.0197. The molecule has 1 aromatic rings. The fraction of sp³-hybridized carbons (Fsp3) is 0.455. The summed E-state index contributed by atoms with van der Waals surface area (Å²) in [6, 6.07) is 3.45. The summed E-state index contributed by atoms with van der Waals surface area (Å²) in [5.41, 5.74) is 1.38. The van der Waals surface area contributed by atoms with Gasteiger partial charge in [-0.25, -0.2) is 0 Å². The van der Waals surface area contributed by atoms with Crippen molar-refractivity contribution >= 4 is 5.97 Å². The van der Waals surface area contributed by atoms with Crippen LogP contribution in [0.3, 0.4) is 0 Å². The molecule has 5 heteroatoms. The van der Waals surface area contributed by atoms with E-state index in [4.69, 9.17) is 14.9 Å². The van der Waals surface area contributed by atoms with E-state index in [1.807, 2.05) is 0 Å². The third-order valence-corrected chi connectivity index (χ3v) is 2.20. The Morgan fingerprint density at radius 1 is 1.56 bits per heavy atom. The Kier molecular flexibility index (Phi) is 4.88. The Labute approximate surface area is 93.7 Å². The fourth-order valence-electron chi connectivity index (χ4n) is 1.16. The minimum atomic E-state index is -0.869. The van der Waals surface area contributed by atoms with Gasteiger partial charge in [0.1, 0.15) is 0 Å². The highest BCUT2D eigenvalue weighted by Gasteiger charge is 2.13. The first kappa shape index (κ1) is 12.6. The first-order valence-corrected chi connectivity index (χ1v) is 5.01. The molecule has 0 bridgehead atoms. The van der Waals surface area contributed by atoms with Crippen molar-refractivity contribution in [2.45, 2.75) is 19.4 Å². The minimum Gasteiger partial charge on any atom is -0.481 e. The number of aliphatic hydroxyl groups excluding tert-OH is 1. The van der Waals surface area contributed by atoms with E-state index in [0.717, 1.165) is 5.69 Å². The molecule has 2 N–H and O–H groups in total. The lowest BCUT2D eigenvalue weighted by molar-refractivity contribution is -0.138. The van der Waals surface area contributed by atoms with Crippen LogP contribution in [0.1, 0.15) is 24.1 Å². The number of pyridine rings is 1. The first-order valence-electron chi connectivity index (χ1n) is 5.01. The fourth-order valence-corrected chi connectivity index (χ4v) is 1.16. The molecular weight excluding hydrogens is 210 g/mol. The summed E-state index contributed by atoms with van der Waals surface area (Å²) in [4.78, 5) is 14.8. The van der Waals surface area contributed by atoms with Crippen LogP contribution in [-0.4, -0.2) is 34.4 Å². The summed E-state index contributed by atoms with van der Waals surface area (Å²) in [6.45, 7) is 2.19. The standard InChI is InChI=1S/C11H15NO4/c1-8(11(14)15)9-2-3-10(12-6-9)7-16-5-4-13/h2-3,6,8,13H,4-5,7H2,1H3,(H,14,15)/t8-/m1/s1. The number of nitrogens with zero attached hydrogens (tertiary/aromatic N) is 1. The van der Waals surface area contributed by atoms with Gasteiger partial charge in [-0.05, 0) is 18.6 Å². The predicted molar refractivity (Wildman–Crippen MR) is 57.0 cm³/mol. The Hall–Kier alpha value is -1.46. The van der Waals surface area contributed by atoms with Gasteiger partial charge in [-0.1, -0.05) is 6.07 Å². The lowest BCUT2D eigenvalue weighted by Gasteiger charge is -2.07. The van der Waals surface area contributed by atoms with E-state index in [-0.39, 0.29) is 13.2 Å². The number of carbonyl (C=O) groups is 1. The van der Waals surface area contributed by atoms with E-state index in [1.54, 1.807) is 19.1 Å². The third-order valence-electron chi connectivity index (χ3n) is 2.20. The first-order chi connectivity index (χ1) is 7.65. The maximum absolute atomic E-state index is 10.7. The zero-order chi connectivity index (χ0) is 12.0. The van der Waals surface area contributed by atoms with Crippen LogP contribution in [0.5, 0.6) is 0 Å². The number of aliphatic hydroxyl groups is 1. The van der Waals surface area contributed by atoms with Crippen LogP contribution in [0, 0.1) is 0 Å². The number of rotatable bonds is 6. The molecule has 0 saturated heterocycles. The van der Waals surface area contributed by atoms with Crippen LogP contribution in [0.4, 0.5) is 0 Å². The zero-order valence-corrected chi connectivity index (χ0v) is 9.09. The van der Waals surface area contributed by atoms with Crippen LogP contribution < -0.4 is 0 Å². The Morgan fingerprint density at radius 2 is 2.31 bits per heavy atom. The highest BCUT2D eigenvalue weighted by Crippen LogP contribution is 2.14. The van der Waals surface area contributed by atoms with E-state index in [2.05, 4.69) is 4.98 Å². The van der Waals surface area contributed by atoms with E-state index in [1.165, 1.54) is 6.20 Å². The van der Waals surface area contributed by atoms with Crippen LogP contribution in [-0.2, 0) is 16.1 Å². The largest absolute Gasteiger partial charge is 0.481 e. The summed E-state index contributed by atoms with van der Waals surface area (Å²) in [6.07, 6.45) is 1.54. The molecule has 0 aliphatic rings. The lowest BCUT2D eigenvalue weighted by Crippen LogP contribution is -2.08. The number of hydrogen-bond acceptors (Lipinski definition) is 4. The lowest BCUT2D eigenvalue weighted by atomic mass is 10.0. The SMILES string of the molecule is C[C@@H](C(=O)O)c1ccc(COCCO)nc1. The maximum Gasteiger partial charge on any atom is 0.310 e. The molecule has 0 unspecified atom stereocenters. The molecule has 0 amide bonds. The van der Waals surface area contributed by atoms with Crippen molar-refractivity contribution in [3.8, 4) is 0 Å². The number of ether oxygens (including phenoxy) is 1. The highest BCUT2D eigenvalue weighted by molar-refractivity contribution is 5.75. The van der Waals surface area contributed by atoms with Gasteiger partial charge in [0, 0.05) is 6.20 Å². The van der Waals surface area contributed by atoms with Gasteiger partial charge in [0.15, 0.2) is 0 Å². The van der Waals surface area contributed by atoms with Crippen molar-refractivity contribution in [3.05, 3.63) is 29.6 Å².